The standard InChI is InChI=1S/C8H16O2.BH3/c1-2-3-4-5-6-7-8(9)10;/h2-7H2,1H3,(H,9,10);1H3. The number of aliphatic carboxylic acids is 1. The van der Waals surface area contributed by atoms with Crippen LogP contribution < -0.4 is 0 Å². The minimum Gasteiger partial charge on any atom is -0.481 e. The van der Waals surface area contributed by atoms with Crippen LogP contribution in [0.15, 0.2) is 0 Å². The molecule has 11 heavy (non-hydrogen) atoms. The van der Waals surface area contributed by atoms with Crippen LogP contribution in [0.5, 0.6) is 0 Å². The van der Waals surface area contributed by atoms with Gasteiger partial charge in [-0.15, -0.1) is 0 Å². The van der Waals surface area contributed by atoms with E-state index in [4.69, 9.17) is 5.11 Å². The molecule has 0 aromatic heterocycles. The molecule has 0 saturated heterocycles. The Hall–Kier alpha value is -0.465. The largest absolute Gasteiger partial charge is 0.481 e. The van der Waals surface area contributed by atoms with Crippen LogP contribution in [-0.2, 0) is 4.79 Å². The van der Waals surface area contributed by atoms with E-state index >= 15 is 0 Å². The van der Waals surface area contributed by atoms with Crippen molar-refractivity contribution >= 4 is 14.4 Å². The van der Waals surface area contributed by atoms with Gasteiger partial charge in [0.05, 0.1) is 8.41 Å². The van der Waals surface area contributed by atoms with E-state index in [1.807, 2.05) is 0 Å². The second-order valence-electron chi connectivity index (χ2n) is 2.56. The first-order valence-corrected chi connectivity index (χ1v) is 3.99. The van der Waals surface area contributed by atoms with Gasteiger partial charge in [0.1, 0.15) is 0 Å². The molecule has 0 fully saturated rings. The first-order valence-electron chi connectivity index (χ1n) is 3.99. The van der Waals surface area contributed by atoms with E-state index in [2.05, 4.69) is 6.92 Å². The fourth-order valence-electron chi connectivity index (χ4n) is 0.880. The maximum atomic E-state index is 10.0. The lowest BCUT2D eigenvalue weighted by atomic mass is 10.1. The minimum atomic E-state index is -0.670. The number of unbranched alkanes of at least 4 members (excludes halogenated alkanes) is 4. The van der Waals surface area contributed by atoms with Crippen LogP contribution in [0, 0.1) is 0 Å². The molecule has 0 atom stereocenters. The minimum absolute atomic E-state index is 0. The zero-order chi connectivity index (χ0) is 7.82. The van der Waals surface area contributed by atoms with Crippen LogP contribution in [0.2, 0.25) is 0 Å². The van der Waals surface area contributed by atoms with E-state index in [9.17, 15) is 4.79 Å². The van der Waals surface area contributed by atoms with Crippen molar-refractivity contribution in [3.05, 3.63) is 0 Å². The van der Waals surface area contributed by atoms with Gasteiger partial charge in [0.25, 0.3) is 0 Å². The molecule has 2 nitrogen and oxygen atoms in total. The first-order chi connectivity index (χ1) is 4.77. The van der Waals surface area contributed by atoms with Crippen molar-refractivity contribution in [2.75, 3.05) is 0 Å². The van der Waals surface area contributed by atoms with E-state index in [0.29, 0.717) is 6.42 Å². The fraction of sp³-hybridized carbons (Fsp3) is 0.875. The second kappa shape index (κ2) is 9.53. The summed E-state index contributed by atoms with van der Waals surface area (Å²) in [5, 5.41) is 8.27. The van der Waals surface area contributed by atoms with Crippen LogP contribution in [0.3, 0.4) is 0 Å². The zero-order valence-electron chi connectivity index (χ0n) is 6.60. The summed E-state index contributed by atoms with van der Waals surface area (Å²) in [7, 11) is 0. The summed E-state index contributed by atoms with van der Waals surface area (Å²) in [5.74, 6) is -0.670. The normalized spacial score (nSPS) is 8.82. The maximum absolute atomic E-state index is 10.0. The van der Waals surface area contributed by atoms with E-state index in [1.54, 1.807) is 0 Å². The third-order valence-electron chi connectivity index (χ3n) is 1.49. The molecular weight excluding hydrogens is 139 g/mol. The maximum Gasteiger partial charge on any atom is 0.303 e. The number of hydrogen-bond donors (Lipinski definition) is 1. The van der Waals surface area contributed by atoms with Gasteiger partial charge >= 0.3 is 5.97 Å². The lowest BCUT2D eigenvalue weighted by Gasteiger charge is -1.95. The zero-order valence-corrected chi connectivity index (χ0v) is 6.60. The summed E-state index contributed by atoms with van der Waals surface area (Å²) in [5.41, 5.74) is 0. The van der Waals surface area contributed by atoms with Crippen LogP contribution in [0.1, 0.15) is 45.4 Å². The predicted octanol–water partition coefficient (Wildman–Crippen LogP) is 1.25. The second-order valence-corrected chi connectivity index (χ2v) is 2.56. The summed E-state index contributed by atoms with van der Waals surface area (Å²) in [6.07, 6.45) is 5.88. The fourth-order valence-corrected chi connectivity index (χ4v) is 0.880. The highest BCUT2D eigenvalue weighted by atomic mass is 16.4. The van der Waals surface area contributed by atoms with Crippen molar-refractivity contribution in [3.8, 4) is 0 Å². The average Bonchev–Trinajstić information content (AvgIpc) is 1.87. The van der Waals surface area contributed by atoms with E-state index < -0.39 is 5.97 Å². The topological polar surface area (TPSA) is 37.3 Å². The Labute approximate surface area is 70.6 Å². The van der Waals surface area contributed by atoms with Gasteiger partial charge in [-0.3, -0.25) is 4.79 Å². The molecule has 0 rings (SSSR count). The lowest BCUT2D eigenvalue weighted by Crippen LogP contribution is -1.93. The van der Waals surface area contributed by atoms with Gasteiger partial charge in [0.15, 0.2) is 0 Å². The SMILES string of the molecule is B.CCCCCCCC(=O)O. The van der Waals surface area contributed by atoms with Crippen LogP contribution in [0.25, 0.3) is 0 Å². The molecule has 1 N–H and O–H groups in total. The number of hydrogen-bond acceptors (Lipinski definition) is 1. The first kappa shape index (κ1) is 13.1. The molecule has 0 spiro atoms. The third kappa shape index (κ3) is 12.7. The summed E-state index contributed by atoms with van der Waals surface area (Å²) < 4.78 is 0. The van der Waals surface area contributed by atoms with Gasteiger partial charge < -0.3 is 5.11 Å². The Balaban J connectivity index is 0. The van der Waals surface area contributed by atoms with Crippen molar-refractivity contribution in [1.29, 1.82) is 0 Å². The number of carboxylic acids is 1. The van der Waals surface area contributed by atoms with Crippen molar-refractivity contribution < 1.29 is 9.90 Å². The summed E-state index contributed by atoms with van der Waals surface area (Å²) in [6, 6.07) is 0. The summed E-state index contributed by atoms with van der Waals surface area (Å²) in [4.78, 5) is 10.0. The highest BCUT2D eigenvalue weighted by Crippen LogP contribution is 2.04. The number of rotatable bonds is 6. The van der Waals surface area contributed by atoms with Gasteiger partial charge in [0.2, 0.25) is 0 Å². The van der Waals surface area contributed by atoms with Crippen molar-refractivity contribution in [1.82, 2.24) is 0 Å². The quantitative estimate of drug-likeness (QED) is 0.466. The molecule has 0 radical (unpaired) electrons. The van der Waals surface area contributed by atoms with Gasteiger partial charge in [-0.2, -0.15) is 0 Å². The highest BCUT2D eigenvalue weighted by molar-refractivity contribution is 5.75. The van der Waals surface area contributed by atoms with Gasteiger partial charge in [0, 0.05) is 6.42 Å². The smallest absolute Gasteiger partial charge is 0.303 e. The van der Waals surface area contributed by atoms with Gasteiger partial charge in [-0.05, 0) is 6.42 Å². The summed E-state index contributed by atoms with van der Waals surface area (Å²) in [6.45, 7) is 2.15. The molecule has 0 aromatic carbocycles. The molecule has 0 aliphatic carbocycles. The Morgan fingerprint density at radius 3 is 2.18 bits per heavy atom. The summed E-state index contributed by atoms with van der Waals surface area (Å²) >= 11 is 0. The molecule has 0 aliphatic heterocycles. The molecule has 0 unspecified atom stereocenters. The Bertz CT molecular complexity index is 94.1. The number of carboxylic acid groups (broad SMARTS) is 1. The van der Waals surface area contributed by atoms with E-state index in [0.717, 1.165) is 12.8 Å². The number of carbonyl (C=O) groups is 1. The molecule has 0 amide bonds. The Morgan fingerprint density at radius 2 is 1.73 bits per heavy atom. The molecule has 0 aromatic rings. The Morgan fingerprint density at radius 1 is 1.18 bits per heavy atom. The molecule has 0 aliphatic rings. The molecule has 66 valence electrons. The lowest BCUT2D eigenvalue weighted by molar-refractivity contribution is -0.137. The predicted molar refractivity (Wildman–Crippen MR) is 51.0 cm³/mol. The van der Waals surface area contributed by atoms with Gasteiger partial charge in [-0.1, -0.05) is 32.6 Å². The van der Waals surface area contributed by atoms with Crippen molar-refractivity contribution in [3.63, 3.8) is 0 Å². The van der Waals surface area contributed by atoms with E-state index in [1.165, 1.54) is 19.3 Å². The van der Waals surface area contributed by atoms with E-state index in [-0.39, 0.29) is 8.41 Å². The Kier molecular flexibility index (Phi) is 11.4. The monoisotopic (exact) mass is 158 g/mol. The molecule has 0 saturated carbocycles. The van der Waals surface area contributed by atoms with Crippen molar-refractivity contribution in [2.24, 2.45) is 0 Å². The highest BCUT2D eigenvalue weighted by Gasteiger charge is 1.94. The van der Waals surface area contributed by atoms with Crippen LogP contribution >= 0.6 is 0 Å². The molecule has 0 heterocycles. The molecule has 3 heteroatoms. The molecule has 0 bridgehead atoms. The van der Waals surface area contributed by atoms with Crippen LogP contribution in [-0.4, -0.2) is 19.5 Å². The van der Waals surface area contributed by atoms with Crippen molar-refractivity contribution in [2.45, 2.75) is 45.4 Å². The average molecular weight is 158 g/mol. The third-order valence-corrected chi connectivity index (χ3v) is 1.49. The van der Waals surface area contributed by atoms with Crippen LogP contribution in [0.4, 0.5) is 0 Å². The van der Waals surface area contributed by atoms with Gasteiger partial charge in [-0.25, -0.2) is 0 Å². The molecular formula is C8H19BO2.